The number of hydrogen-bond donors (Lipinski definition) is 6. The molecule has 2 aliphatic carbocycles. The lowest BCUT2D eigenvalue weighted by molar-refractivity contribution is -0.309. The van der Waals surface area contributed by atoms with Crippen LogP contribution in [-0.2, 0) is 28.5 Å². The minimum absolute atomic E-state index is 0.190. The van der Waals surface area contributed by atoms with E-state index >= 15 is 0 Å². The van der Waals surface area contributed by atoms with Gasteiger partial charge in [0.25, 0.3) is 0 Å². The van der Waals surface area contributed by atoms with Crippen molar-refractivity contribution in [3.05, 3.63) is 66.3 Å². The second-order valence-corrected chi connectivity index (χ2v) is 11.1. The standard InChI is InChI=1S/C30H34O12/c1-12-8-19(34)24-14(3)29(38)42-28(24)23-13(2)20(10-16(12)23)39-30-26(37)25(36)27(21(11-31)40-30)41-22(35)7-5-15-4-6-17(32)18(33)9-15/h4-7,9,16,19-21,23-28,30-34,36-37H,1-3,8,10-11H2/t16-,19+,20-,21+,23+,24-,25+,26+,27+,28+,30-/m0/s1. The van der Waals surface area contributed by atoms with E-state index in [1.807, 2.05) is 0 Å². The van der Waals surface area contributed by atoms with Gasteiger partial charge in [0.15, 0.2) is 23.9 Å². The predicted octanol–water partition coefficient (Wildman–Crippen LogP) is 0.458. The van der Waals surface area contributed by atoms with Gasteiger partial charge in [-0.25, -0.2) is 9.59 Å². The van der Waals surface area contributed by atoms with E-state index in [-0.39, 0.29) is 29.4 Å². The van der Waals surface area contributed by atoms with Crippen molar-refractivity contribution < 1.29 is 59.2 Å². The molecule has 0 amide bonds. The third kappa shape index (κ3) is 5.37. The molecule has 2 aliphatic heterocycles. The summed E-state index contributed by atoms with van der Waals surface area (Å²) in [6, 6.07) is 3.90. The molecule has 12 heteroatoms. The molecule has 5 rings (SSSR count). The van der Waals surface area contributed by atoms with E-state index in [1.54, 1.807) is 0 Å². The lowest BCUT2D eigenvalue weighted by atomic mass is 9.81. The lowest BCUT2D eigenvalue weighted by Crippen LogP contribution is -2.60. The van der Waals surface area contributed by atoms with Crippen molar-refractivity contribution in [2.24, 2.45) is 17.8 Å². The monoisotopic (exact) mass is 586 g/mol. The van der Waals surface area contributed by atoms with Crippen LogP contribution in [0.5, 0.6) is 11.5 Å². The molecule has 2 heterocycles. The molecule has 4 aliphatic rings. The molecule has 0 bridgehead atoms. The van der Waals surface area contributed by atoms with E-state index in [0.29, 0.717) is 17.6 Å². The maximum atomic E-state index is 12.5. The Hall–Kier alpha value is -3.52. The summed E-state index contributed by atoms with van der Waals surface area (Å²) < 4.78 is 22.7. The number of fused-ring (bicyclic) bond motifs is 3. The normalized spacial score (nSPS) is 38.2. The average molecular weight is 587 g/mol. The van der Waals surface area contributed by atoms with Gasteiger partial charge in [0, 0.05) is 17.6 Å². The van der Waals surface area contributed by atoms with Gasteiger partial charge in [-0.05, 0) is 48.1 Å². The third-order valence-electron chi connectivity index (χ3n) is 8.55. The summed E-state index contributed by atoms with van der Waals surface area (Å²) in [6.45, 7) is 11.4. The number of esters is 2. The van der Waals surface area contributed by atoms with Gasteiger partial charge < -0.3 is 49.6 Å². The fraction of sp³-hybridized carbons (Fsp3) is 0.467. The van der Waals surface area contributed by atoms with Crippen LogP contribution in [0.2, 0.25) is 0 Å². The van der Waals surface area contributed by atoms with Gasteiger partial charge >= 0.3 is 11.9 Å². The first-order valence-electron chi connectivity index (χ1n) is 13.5. The number of aliphatic hydroxyl groups excluding tert-OH is 4. The molecule has 0 aromatic heterocycles. The number of carbonyl (C=O) groups is 2. The first kappa shape index (κ1) is 30.0. The Morgan fingerprint density at radius 2 is 1.81 bits per heavy atom. The van der Waals surface area contributed by atoms with Crippen molar-refractivity contribution in [2.75, 3.05) is 6.61 Å². The van der Waals surface area contributed by atoms with Crippen LogP contribution in [-0.4, -0.2) is 98.2 Å². The van der Waals surface area contributed by atoms with Crippen molar-refractivity contribution in [3.63, 3.8) is 0 Å². The summed E-state index contributed by atoms with van der Waals surface area (Å²) in [4.78, 5) is 24.7. The van der Waals surface area contributed by atoms with Gasteiger partial charge in [-0.1, -0.05) is 31.4 Å². The van der Waals surface area contributed by atoms with Gasteiger partial charge in [0.1, 0.15) is 24.4 Å². The summed E-state index contributed by atoms with van der Waals surface area (Å²) >= 11 is 0. The highest BCUT2D eigenvalue weighted by atomic mass is 16.7. The SMILES string of the molecule is C=C1C(=O)O[C@H]2[C@@H]1[C@H](O)CC(=C)[C@@H]1C[C@H](O[C@H]3O[C@H](CO)[C@@H](OC(=O)C=Cc4ccc(O)c(O)c4)[C@H](O)[C@H]3O)C(=C)[C@@H]21. The van der Waals surface area contributed by atoms with Gasteiger partial charge in [0.2, 0.25) is 0 Å². The zero-order valence-electron chi connectivity index (χ0n) is 22.6. The summed E-state index contributed by atoms with van der Waals surface area (Å²) in [6.07, 6.45) is -6.91. The van der Waals surface area contributed by atoms with Crippen LogP contribution < -0.4 is 0 Å². The van der Waals surface area contributed by atoms with E-state index in [4.69, 9.17) is 18.9 Å². The van der Waals surface area contributed by atoms with E-state index in [2.05, 4.69) is 19.7 Å². The number of aliphatic hydroxyl groups is 4. The number of phenolic OH excluding ortho intramolecular Hbond substituents is 2. The van der Waals surface area contributed by atoms with E-state index < -0.39 is 79.4 Å². The second-order valence-electron chi connectivity index (χ2n) is 11.1. The van der Waals surface area contributed by atoms with Crippen molar-refractivity contribution in [3.8, 4) is 11.5 Å². The number of aromatic hydroxyl groups is 2. The molecule has 2 saturated heterocycles. The number of ether oxygens (including phenoxy) is 4. The molecule has 0 unspecified atom stereocenters. The highest BCUT2D eigenvalue weighted by molar-refractivity contribution is 5.91. The van der Waals surface area contributed by atoms with Crippen molar-refractivity contribution in [1.82, 2.24) is 0 Å². The van der Waals surface area contributed by atoms with Crippen LogP contribution in [0, 0.1) is 17.8 Å². The van der Waals surface area contributed by atoms with E-state index in [0.717, 1.165) is 11.6 Å². The van der Waals surface area contributed by atoms with Crippen LogP contribution in [0.4, 0.5) is 0 Å². The van der Waals surface area contributed by atoms with Gasteiger partial charge in [-0.15, -0.1) is 0 Å². The van der Waals surface area contributed by atoms with Crippen LogP contribution >= 0.6 is 0 Å². The minimum atomic E-state index is -1.69. The van der Waals surface area contributed by atoms with Crippen molar-refractivity contribution in [1.29, 1.82) is 0 Å². The molecular formula is C30H34O12. The third-order valence-corrected chi connectivity index (χ3v) is 8.55. The molecular weight excluding hydrogens is 552 g/mol. The molecule has 1 aromatic rings. The van der Waals surface area contributed by atoms with E-state index in [1.165, 1.54) is 24.3 Å². The van der Waals surface area contributed by atoms with Crippen LogP contribution in [0.15, 0.2) is 60.7 Å². The Kier molecular flexibility index (Phi) is 8.30. The first-order valence-corrected chi connectivity index (χ1v) is 13.5. The Morgan fingerprint density at radius 1 is 1.07 bits per heavy atom. The number of carbonyl (C=O) groups excluding carboxylic acids is 2. The number of hydrogen-bond acceptors (Lipinski definition) is 12. The fourth-order valence-electron chi connectivity index (χ4n) is 6.36. The first-order chi connectivity index (χ1) is 19.9. The smallest absolute Gasteiger partial charge is 0.334 e. The summed E-state index contributed by atoms with van der Waals surface area (Å²) in [5.41, 5.74) is 1.84. The zero-order chi connectivity index (χ0) is 30.5. The quantitative estimate of drug-likeness (QED) is 0.117. The Morgan fingerprint density at radius 3 is 2.50 bits per heavy atom. The Labute approximate surface area is 241 Å². The molecule has 0 radical (unpaired) electrons. The summed E-state index contributed by atoms with van der Waals surface area (Å²) in [5, 5.41) is 61.4. The number of benzene rings is 1. The van der Waals surface area contributed by atoms with Gasteiger partial charge in [-0.2, -0.15) is 0 Å². The topological polar surface area (TPSA) is 192 Å². The highest BCUT2D eigenvalue weighted by Gasteiger charge is 2.57. The second kappa shape index (κ2) is 11.6. The molecule has 226 valence electrons. The molecule has 2 saturated carbocycles. The van der Waals surface area contributed by atoms with Crippen LogP contribution in [0.3, 0.4) is 0 Å². The van der Waals surface area contributed by atoms with Crippen LogP contribution in [0.25, 0.3) is 6.08 Å². The molecule has 1 aromatic carbocycles. The minimum Gasteiger partial charge on any atom is -0.504 e. The number of phenols is 2. The van der Waals surface area contributed by atoms with Crippen molar-refractivity contribution in [2.45, 2.75) is 61.9 Å². The Bertz CT molecular complexity index is 1320. The fourth-order valence-corrected chi connectivity index (χ4v) is 6.36. The molecule has 6 N–H and O–H groups in total. The number of rotatable bonds is 6. The lowest BCUT2D eigenvalue weighted by Gasteiger charge is -2.42. The molecule has 11 atom stereocenters. The maximum absolute atomic E-state index is 12.5. The predicted molar refractivity (Wildman–Crippen MR) is 144 cm³/mol. The summed E-state index contributed by atoms with van der Waals surface area (Å²) in [5.74, 6) is -3.51. The maximum Gasteiger partial charge on any atom is 0.334 e. The van der Waals surface area contributed by atoms with E-state index in [9.17, 15) is 40.2 Å². The zero-order valence-corrected chi connectivity index (χ0v) is 22.6. The molecule has 0 spiro atoms. The highest BCUT2D eigenvalue weighted by Crippen LogP contribution is 2.53. The van der Waals surface area contributed by atoms with Crippen LogP contribution in [0.1, 0.15) is 18.4 Å². The molecule has 42 heavy (non-hydrogen) atoms. The van der Waals surface area contributed by atoms with Gasteiger partial charge in [0.05, 0.1) is 24.7 Å². The molecule has 12 nitrogen and oxygen atoms in total. The largest absolute Gasteiger partial charge is 0.504 e. The average Bonchev–Trinajstić information content (AvgIpc) is 3.40. The summed E-state index contributed by atoms with van der Waals surface area (Å²) in [7, 11) is 0. The Balaban J connectivity index is 1.26. The molecule has 4 fully saturated rings. The van der Waals surface area contributed by atoms with Crippen molar-refractivity contribution >= 4 is 18.0 Å². The van der Waals surface area contributed by atoms with Gasteiger partial charge in [-0.3, -0.25) is 0 Å².